The van der Waals surface area contributed by atoms with Gasteiger partial charge in [0.05, 0.1) is 6.61 Å². The molecule has 0 unspecified atom stereocenters. The first kappa shape index (κ1) is 16.0. The Hall–Kier alpha value is -1.36. The van der Waals surface area contributed by atoms with Crippen LogP contribution in [-0.4, -0.2) is 40.8 Å². The molecule has 0 spiro atoms. The number of hydrogen-bond donors (Lipinski definition) is 2. The number of aliphatic hydroxyl groups is 1. The summed E-state index contributed by atoms with van der Waals surface area (Å²) in [7, 11) is 0. The summed E-state index contributed by atoms with van der Waals surface area (Å²) in [5.74, 6) is 2.67. The summed E-state index contributed by atoms with van der Waals surface area (Å²) < 4.78 is 0. The van der Waals surface area contributed by atoms with E-state index in [0.29, 0.717) is 12.6 Å². The predicted octanol–water partition coefficient (Wildman–Crippen LogP) is 2.56. The molecule has 118 valence electrons. The van der Waals surface area contributed by atoms with Crippen LogP contribution in [0.3, 0.4) is 0 Å². The molecule has 0 aliphatic heterocycles. The van der Waals surface area contributed by atoms with Crippen LogP contribution >= 0.6 is 0 Å². The van der Waals surface area contributed by atoms with Gasteiger partial charge in [-0.2, -0.15) is 0 Å². The summed E-state index contributed by atoms with van der Waals surface area (Å²) in [5, 5.41) is 12.7. The minimum atomic E-state index is -0.0902. The summed E-state index contributed by atoms with van der Waals surface area (Å²) in [5.41, 5.74) is -0.0902. The second-order valence-electron chi connectivity index (χ2n) is 6.76. The van der Waals surface area contributed by atoms with Crippen LogP contribution in [0.25, 0.3) is 0 Å². The third-order valence-corrected chi connectivity index (χ3v) is 3.56. The number of hydrogen-bond acceptors (Lipinski definition) is 5. The van der Waals surface area contributed by atoms with E-state index < -0.39 is 0 Å². The average Bonchev–Trinajstić information content (AvgIpc) is 3.25. The number of aromatic nitrogens is 2. The summed E-state index contributed by atoms with van der Waals surface area (Å²) in [6, 6.07) is 2.54. The van der Waals surface area contributed by atoms with E-state index in [1.165, 1.54) is 12.8 Å². The number of rotatable bonds is 7. The monoisotopic (exact) mass is 292 g/mol. The van der Waals surface area contributed by atoms with Crippen LogP contribution in [0.5, 0.6) is 0 Å². The van der Waals surface area contributed by atoms with E-state index in [4.69, 9.17) is 4.98 Å². The van der Waals surface area contributed by atoms with E-state index in [1.54, 1.807) is 0 Å². The average molecular weight is 292 g/mol. The number of aliphatic hydroxyl groups excluding tert-OH is 1. The van der Waals surface area contributed by atoms with Crippen molar-refractivity contribution in [2.45, 2.75) is 58.4 Å². The molecule has 1 aromatic rings. The molecule has 0 atom stereocenters. The zero-order valence-electron chi connectivity index (χ0n) is 13.7. The van der Waals surface area contributed by atoms with E-state index in [0.717, 1.165) is 30.4 Å². The number of nitrogens with zero attached hydrogens (tertiary/aromatic N) is 3. The summed E-state index contributed by atoms with van der Waals surface area (Å²) in [6.07, 6.45) is 3.44. The first-order valence-electron chi connectivity index (χ1n) is 7.96. The quantitative estimate of drug-likeness (QED) is 0.809. The Balaban J connectivity index is 2.33. The lowest BCUT2D eigenvalue weighted by Gasteiger charge is -2.26. The smallest absolute Gasteiger partial charge is 0.138 e. The third-order valence-electron chi connectivity index (χ3n) is 3.56. The fourth-order valence-electron chi connectivity index (χ4n) is 2.24. The fourth-order valence-corrected chi connectivity index (χ4v) is 2.24. The molecule has 0 amide bonds. The zero-order valence-corrected chi connectivity index (χ0v) is 13.7. The molecule has 0 radical (unpaired) electrons. The van der Waals surface area contributed by atoms with Crippen LogP contribution in [0.1, 0.15) is 52.8 Å². The van der Waals surface area contributed by atoms with Gasteiger partial charge in [0, 0.05) is 30.6 Å². The molecule has 5 nitrogen and oxygen atoms in total. The Morgan fingerprint density at radius 3 is 2.57 bits per heavy atom. The Kier molecular flexibility index (Phi) is 5.04. The summed E-state index contributed by atoms with van der Waals surface area (Å²) >= 11 is 0. The minimum absolute atomic E-state index is 0.0902. The topological polar surface area (TPSA) is 61.3 Å². The number of nitrogens with one attached hydrogen (secondary N) is 1. The lowest BCUT2D eigenvalue weighted by molar-refractivity contribution is 0.301. The minimum Gasteiger partial charge on any atom is -0.395 e. The lowest BCUT2D eigenvalue weighted by atomic mass is 9.96. The molecule has 1 aliphatic carbocycles. The molecule has 2 rings (SSSR count). The van der Waals surface area contributed by atoms with Crippen LogP contribution in [0.15, 0.2) is 6.07 Å². The van der Waals surface area contributed by atoms with Crippen LogP contribution < -0.4 is 10.2 Å². The first-order valence-corrected chi connectivity index (χ1v) is 7.96. The molecule has 0 bridgehead atoms. The maximum atomic E-state index is 9.31. The van der Waals surface area contributed by atoms with Gasteiger partial charge in [0.25, 0.3) is 0 Å². The molecule has 2 N–H and O–H groups in total. The van der Waals surface area contributed by atoms with Gasteiger partial charge < -0.3 is 15.3 Å². The Morgan fingerprint density at radius 2 is 2.05 bits per heavy atom. The van der Waals surface area contributed by atoms with Crippen molar-refractivity contribution in [3.63, 3.8) is 0 Å². The standard InChI is InChI=1S/C16H28N4O/c1-5-8-17-13-11-14(19-15(18-13)16(2,3)4)20(9-10-21)12-6-7-12/h11-12,21H,5-10H2,1-4H3,(H,17,18,19). The molecular formula is C16H28N4O. The van der Waals surface area contributed by atoms with Crippen molar-refractivity contribution < 1.29 is 5.11 Å². The van der Waals surface area contributed by atoms with Crippen LogP contribution in [0, 0.1) is 0 Å². The van der Waals surface area contributed by atoms with Crippen molar-refractivity contribution in [2.24, 2.45) is 0 Å². The van der Waals surface area contributed by atoms with E-state index in [1.807, 2.05) is 6.07 Å². The summed E-state index contributed by atoms with van der Waals surface area (Å²) in [4.78, 5) is 11.6. The molecule has 5 heteroatoms. The van der Waals surface area contributed by atoms with Crippen molar-refractivity contribution in [3.8, 4) is 0 Å². The van der Waals surface area contributed by atoms with Gasteiger partial charge in [-0.15, -0.1) is 0 Å². The van der Waals surface area contributed by atoms with Crippen molar-refractivity contribution in [3.05, 3.63) is 11.9 Å². The van der Waals surface area contributed by atoms with Crippen LogP contribution in [-0.2, 0) is 5.41 Å². The molecule has 0 aromatic carbocycles. The van der Waals surface area contributed by atoms with E-state index in [-0.39, 0.29) is 12.0 Å². The molecule has 1 saturated carbocycles. The maximum absolute atomic E-state index is 9.31. The molecule has 21 heavy (non-hydrogen) atoms. The van der Waals surface area contributed by atoms with Crippen LogP contribution in [0.4, 0.5) is 11.6 Å². The van der Waals surface area contributed by atoms with Gasteiger partial charge in [-0.25, -0.2) is 9.97 Å². The van der Waals surface area contributed by atoms with E-state index in [9.17, 15) is 5.11 Å². The van der Waals surface area contributed by atoms with E-state index >= 15 is 0 Å². The SMILES string of the molecule is CCCNc1cc(N(CCO)C2CC2)nc(C(C)(C)C)n1. The third kappa shape index (κ3) is 4.30. The Bertz CT molecular complexity index is 466. The van der Waals surface area contributed by atoms with Crippen molar-refractivity contribution >= 4 is 11.6 Å². The second-order valence-corrected chi connectivity index (χ2v) is 6.76. The molecule has 1 aromatic heterocycles. The van der Waals surface area contributed by atoms with Gasteiger partial charge in [0.1, 0.15) is 17.5 Å². The highest BCUT2D eigenvalue weighted by atomic mass is 16.3. The van der Waals surface area contributed by atoms with Gasteiger partial charge >= 0.3 is 0 Å². The van der Waals surface area contributed by atoms with Gasteiger partial charge in [-0.3, -0.25) is 0 Å². The largest absolute Gasteiger partial charge is 0.395 e. The van der Waals surface area contributed by atoms with Crippen molar-refractivity contribution in [1.82, 2.24) is 9.97 Å². The lowest BCUT2D eigenvalue weighted by Crippen LogP contribution is -2.31. The Labute approximate surface area is 127 Å². The molecule has 1 aliphatic rings. The van der Waals surface area contributed by atoms with Gasteiger partial charge in [-0.1, -0.05) is 27.7 Å². The highest BCUT2D eigenvalue weighted by molar-refractivity contribution is 5.51. The zero-order chi connectivity index (χ0) is 15.5. The van der Waals surface area contributed by atoms with E-state index in [2.05, 4.69) is 42.9 Å². The molecule has 0 saturated heterocycles. The Morgan fingerprint density at radius 1 is 1.33 bits per heavy atom. The predicted molar refractivity (Wildman–Crippen MR) is 87.0 cm³/mol. The highest BCUT2D eigenvalue weighted by Crippen LogP contribution is 2.32. The molecule has 1 heterocycles. The van der Waals surface area contributed by atoms with Crippen molar-refractivity contribution in [2.75, 3.05) is 29.9 Å². The second kappa shape index (κ2) is 6.60. The van der Waals surface area contributed by atoms with Gasteiger partial charge in [0.15, 0.2) is 0 Å². The fraction of sp³-hybridized carbons (Fsp3) is 0.750. The van der Waals surface area contributed by atoms with Gasteiger partial charge in [-0.05, 0) is 19.3 Å². The first-order chi connectivity index (χ1) is 9.95. The molecule has 1 fully saturated rings. The number of anilines is 2. The van der Waals surface area contributed by atoms with Crippen LogP contribution in [0.2, 0.25) is 0 Å². The highest BCUT2D eigenvalue weighted by Gasteiger charge is 2.31. The van der Waals surface area contributed by atoms with Crippen molar-refractivity contribution in [1.29, 1.82) is 0 Å². The van der Waals surface area contributed by atoms with Gasteiger partial charge in [0.2, 0.25) is 0 Å². The summed E-state index contributed by atoms with van der Waals surface area (Å²) in [6.45, 7) is 10.2. The normalized spacial score (nSPS) is 15.1. The molecular weight excluding hydrogens is 264 g/mol. The maximum Gasteiger partial charge on any atom is 0.138 e.